The van der Waals surface area contributed by atoms with Crippen LogP contribution in [-0.2, 0) is 16.4 Å². The Morgan fingerprint density at radius 2 is 1.00 bits per heavy atom. The van der Waals surface area contributed by atoms with E-state index in [0.717, 1.165) is 6.42 Å². The van der Waals surface area contributed by atoms with E-state index in [1.807, 2.05) is 0 Å². The molecule has 244 valence electrons. The SMILES string of the molecule is CCCCCC(C)(C)[n+]1ccccc1-c1cc(-c2cc(-c3ccc(C(C)(C)C)cc3)cc(-c3ccc(C(C)(C)C)cc3)c2)ccc1C. The molecule has 5 rings (SSSR count). The summed E-state index contributed by atoms with van der Waals surface area (Å²) in [5.74, 6) is 0. The highest BCUT2D eigenvalue weighted by Crippen LogP contribution is 2.37. The summed E-state index contributed by atoms with van der Waals surface area (Å²) in [5, 5.41) is 0. The highest BCUT2D eigenvalue weighted by Gasteiger charge is 2.31. The molecule has 0 atom stereocenters. The van der Waals surface area contributed by atoms with Gasteiger partial charge in [-0.15, -0.1) is 0 Å². The van der Waals surface area contributed by atoms with Crippen LogP contribution in [0.2, 0.25) is 0 Å². The molecule has 0 aliphatic carbocycles. The third kappa shape index (κ3) is 7.95. The number of hydrogen-bond acceptors (Lipinski definition) is 0. The van der Waals surface area contributed by atoms with Gasteiger partial charge in [-0.3, -0.25) is 0 Å². The van der Waals surface area contributed by atoms with Crippen LogP contribution in [-0.4, -0.2) is 0 Å². The zero-order chi connectivity index (χ0) is 34.0. The summed E-state index contributed by atoms with van der Waals surface area (Å²) >= 11 is 0. The number of aryl methyl sites for hydroxylation is 1. The van der Waals surface area contributed by atoms with E-state index < -0.39 is 0 Å². The second kappa shape index (κ2) is 13.6. The molecule has 4 aromatic carbocycles. The first kappa shape index (κ1) is 34.4. The molecule has 0 unspecified atom stereocenters. The van der Waals surface area contributed by atoms with E-state index in [9.17, 15) is 0 Å². The summed E-state index contributed by atoms with van der Waals surface area (Å²) in [4.78, 5) is 0. The van der Waals surface area contributed by atoms with Crippen molar-refractivity contribution in [1.29, 1.82) is 0 Å². The molecule has 1 heteroatoms. The number of hydrogen-bond donors (Lipinski definition) is 0. The van der Waals surface area contributed by atoms with Gasteiger partial charge in [-0.1, -0.05) is 122 Å². The van der Waals surface area contributed by atoms with Crippen LogP contribution in [0.1, 0.15) is 105 Å². The monoisotopic (exact) mass is 622 g/mol. The molecule has 0 N–H and O–H groups in total. The number of rotatable bonds is 9. The van der Waals surface area contributed by atoms with Crippen LogP contribution >= 0.6 is 0 Å². The molecular formula is C46H56N+. The van der Waals surface area contributed by atoms with Crippen molar-refractivity contribution in [2.24, 2.45) is 0 Å². The molecule has 1 heterocycles. The third-order valence-electron chi connectivity index (χ3n) is 9.85. The van der Waals surface area contributed by atoms with Gasteiger partial charge >= 0.3 is 0 Å². The van der Waals surface area contributed by atoms with Crippen molar-refractivity contribution in [2.75, 3.05) is 0 Å². The molecule has 1 aromatic heterocycles. The van der Waals surface area contributed by atoms with Crippen molar-refractivity contribution in [1.82, 2.24) is 0 Å². The van der Waals surface area contributed by atoms with E-state index in [2.05, 4.69) is 183 Å². The first-order valence-corrected chi connectivity index (χ1v) is 17.7. The standard InChI is InChI=1S/C46H56N/c1-11-12-14-27-46(9,10)47-28-15-13-16-43(47)42-32-36(18-17-33(42)2)39-30-37(34-19-23-40(24-20-34)44(3,4)5)29-38(31-39)35-21-25-41(26-22-35)45(6,7)8/h13,15-26,28-32H,11-12,14,27H2,1-10H3/q+1. The fourth-order valence-corrected chi connectivity index (χ4v) is 6.65. The topological polar surface area (TPSA) is 3.88 Å². The van der Waals surface area contributed by atoms with Gasteiger partial charge < -0.3 is 0 Å². The van der Waals surface area contributed by atoms with Crippen LogP contribution < -0.4 is 4.57 Å². The van der Waals surface area contributed by atoms with Gasteiger partial charge in [-0.05, 0) is 105 Å². The minimum Gasteiger partial charge on any atom is -0.194 e. The summed E-state index contributed by atoms with van der Waals surface area (Å²) < 4.78 is 2.50. The lowest BCUT2D eigenvalue weighted by Crippen LogP contribution is -2.53. The number of nitrogens with zero attached hydrogens (tertiary/aromatic N) is 1. The predicted molar refractivity (Wildman–Crippen MR) is 204 cm³/mol. The maximum Gasteiger partial charge on any atom is 0.213 e. The van der Waals surface area contributed by atoms with Gasteiger partial charge in [0.2, 0.25) is 5.69 Å². The molecule has 0 aliphatic heterocycles. The molecular weight excluding hydrogens is 567 g/mol. The number of benzene rings is 4. The molecule has 5 aromatic rings. The fourth-order valence-electron chi connectivity index (χ4n) is 6.65. The van der Waals surface area contributed by atoms with Crippen LogP contribution in [0.3, 0.4) is 0 Å². The van der Waals surface area contributed by atoms with Crippen LogP contribution in [0.25, 0.3) is 44.6 Å². The Kier molecular flexibility index (Phi) is 9.97. The zero-order valence-corrected chi connectivity index (χ0v) is 30.7. The molecule has 47 heavy (non-hydrogen) atoms. The van der Waals surface area contributed by atoms with Gasteiger partial charge in [0.25, 0.3) is 0 Å². The van der Waals surface area contributed by atoms with Crippen LogP contribution in [0.5, 0.6) is 0 Å². The van der Waals surface area contributed by atoms with Gasteiger partial charge in [0.05, 0.1) is 0 Å². The predicted octanol–water partition coefficient (Wildman–Crippen LogP) is 12.9. The summed E-state index contributed by atoms with van der Waals surface area (Å²) in [6.07, 6.45) is 7.19. The van der Waals surface area contributed by atoms with Crippen molar-refractivity contribution in [3.63, 3.8) is 0 Å². The maximum atomic E-state index is 2.50. The van der Waals surface area contributed by atoms with Crippen molar-refractivity contribution >= 4 is 0 Å². The number of aromatic nitrogens is 1. The number of unbranched alkanes of at least 4 members (excludes halogenated alkanes) is 2. The quantitative estimate of drug-likeness (QED) is 0.114. The summed E-state index contributed by atoms with van der Waals surface area (Å²) in [6.45, 7) is 23.0. The lowest BCUT2D eigenvalue weighted by molar-refractivity contribution is -0.749. The lowest BCUT2D eigenvalue weighted by Gasteiger charge is -2.22. The Bertz CT molecular complexity index is 1730. The average Bonchev–Trinajstić information content (AvgIpc) is 3.04. The first-order valence-electron chi connectivity index (χ1n) is 17.7. The van der Waals surface area contributed by atoms with Gasteiger partial charge in [-0.2, -0.15) is 4.57 Å². The second-order valence-electron chi connectivity index (χ2n) is 16.2. The minimum absolute atomic E-state index is 0.0275. The largest absolute Gasteiger partial charge is 0.213 e. The van der Waals surface area contributed by atoms with E-state index in [-0.39, 0.29) is 16.4 Å². The molecule has 0 saturated carbocycles. The Labute approximate surface area is 285 Å². The van der Waals surface area contributed by atoms with Crippen molar-refractivity contribution in [3.05, 3.63) is 126 Å². The molecule has 0 aliphatic rings. The molecule has 0 bridgehead atoms. The van der Waals surface area contributed by atoms with Crippen LogP contribution in [0.4, 0.5) is 0 Å². The summed E-state index contributed by atoms with van der Waals surface area (Å²) in [7, 11) is 0. The van der Waals surface area contributed by atoms with Crippen molar-refractivity contribution in [2.45, 2.75) is 111 Å². The maximum absolute atomic E-state index is 2.50. The van der Waals surface area contributed by atoms with Gasteiger partial charge in [0, 0.05) is 38.0 Å². The lowest BCUT2D eigenvalue weighted by atomic mass is 9.85. The Balaban J connectivity index is 1.64. The van der Waals surface area contributed by atoms with E-state index >= 15 is 0 Å². The van der Waals surface area contributed by atoms with Crippen molar-refractivity contribution in [3.8, 4) is 44.6 Å². The zero-order valence-electron chi connectivity index (χ0n) is 30.7. The average molecular weight is 623 g/mol. The van der Waals surface area contributed by atoms with Crippen LogP contribution in [0, 0.1) is 6.92 Å². The van der Waals surface area contributed by atoms with Gasteiger partial charge in [0.15, 0.2) is 11.7 Å². The smallest absolute Gasteiger partial charge is 0.194 e. The number of pyridine rings is 1. The highest BCUT2D eigenvalue weighted by molar-refractivity contribution is 5.83. The van der Waals surface area contributed by atoms with Crippen LogP contribution in [0.15, 0.2) is 109 Å². The van der Waals surface area contributed by atoms with Gasteiger partial charge in [0.1, 0.15) is 0 Å². The molecule has 0 amide bonds. The minimum atomic E-state index is 0.0275. The van der Waals surface area contributed by atoms with E-state index in [1.54, 1.807) is 0 Å². The first-order chi connectivity index (χ1) is 22.2. The molecule has 1 nitrogen and oxygen atoms in total. The van der Waals surface area contributed by atoms with E-state index in [0.29, 0.717) is 0 Å². The summed E-state index contributed by atoms with van der Waals surface area (Å²) in [5.41, 5.74) is 14.3. The second-order valence-corrected chi connectivity index (χ2v) is 16.2. The van der Waals surface area contributed by atoms with Crippen molar-refractivity contribution < 1.29 is 4.57 Å². The highest BCUT2D eigenvalue weighted by atomic mass is 15.0. The van der Waals surface area contributed by atoms with E-state index in [1.165, 1.54) is 80.6 Å². The van der Waals surface area contributed by atoms with Gasteiger partial charge in [-0.25, -0.2) is 0 Å². The molecule has 0 spiro atoms. The Morgan fingerprint density at radius 1 is 0.511 bits per heavy atom. The Hall–Kier alpha value is -3.97. The summed E-state index contributed by atoms with van der Waals surface area (Å²) in [6, 6.07) is 39.1. The molecule has 0 saturated heterocycles. The molecule has 0 radical (unpaired) electrons. The normalized spacial score (nSPS) is 12.4. The molecule has 0 fully saturated rings. The third-order valence-corrected chi connectivity index (χ3v) is 9.85. The fraction of sp³-hybridized carbons (Fsp3) is 0.370. The van der Waals surface area contributed by atoms with E-state index in [4.69, 9.17) is 0 Å². The Morgan fingerprint density at radius 3 is 1.49 bits per heavy atom.